The predicted octanol–water partition coefficient (Wildman–Crippen LogP) is 3.07. The summed E-state index contributed by atoms with van der Waals surface area (Å²) in [5.74, 6) is 2.74. The number of nitrogens with one attached hydrogen (secondary N) is 1. The van der Waals surface area contributed by atoms with Crippen LogP contribution >= 0.6 is 0 Å². The Labute approximate surface area is 137 Å². The SMILES string of the molecule is CC(C)Cc1cn[nH]c1C1CCCN(Cc2ccc(CO)o2)C1. The minimum atomic E-state index is -0.0324. The fourth-order valence-electron chi connectivity index (χ4n) is 3.52. The monoisotopic (exact) mass is 317 g/mol. The molecule has 1 aliphatic rings. The summed E-state index contributed by atoms with van der Waals surface area (Å²) in [7, 11) is 0. The minimum Gasteiger partial charge on any atom is -0.462 e. The van der Waals surface area contributed by atoms with Gasteiger partial charge in [-0.3, -0.25) is 10.00 Å². The Morgan fingerprint density at radius 1 is 1.39 bits per heavy atom. The van der Waals surface area contributed by atoms with Crippen LogP contribution in [0.15, 0.2) is 22.7 Å². The molecule has 126 valence electrons. The second-order valence-electron chi connectivity index (χ2n) is 7.01. The van der Waals surface area contributed by atoms with Crippen LogP contribution in [0.1, 0.15) is 55.4 Å². The zero-order chi connectivity index (χ0) is 16.2. The molecule has 1 unspecified atom stereocenters. The van der Waals surface area contributed by atoms with E-state index in [1.165, 1.54) is 24.1 Å². The summed E-state index contributed by atoms with van der Waals surface area (Å²) < 4.78 is 5.63. The number of furan rings is 1. The van der Waals surface area contributed by atoms with E-state index in [0.29, 0.717) is 17.6 Å². The van der Waals surface area contributed by atoms with Gasteiger partial charge in [-0.05, 0) is 49.4 Å². The summed E-state index contributed by atoms with van der Waals surface area (Å²) in [5, 5.41) is 16.6. The smallest absolute Gasteiger partial charge is 0.129 e. The van der Waals surface area contributed by atoms with Crippen molar-refractivity contribution in [1.82, 2.24) is 15.1 Å². The normalized spacial score (nSPS) is 19.6. The van der Waals surface area contributed by atoms with Crippen LogP contribution in [0.4, 0.5) is 0 Å². The third kappa shape index (κ3) is 4.03. The lowest BCUT2D eigenvalue weighted by Crippen LogP contribution is -2.34. The van der Waals surface area contributed by atoms with E-state index in [1.54, 1.807) is 0 Å². The molecule has 3 heterocycles. The van der Waals surface area contributed by atoms with Gasteiger partial charge in [-0.2, -0.15) is 5.10 Å². The summed E-state index contributed by atoms with van der Waals surface area (Å²) in [4.78, 5) is 2.44. The summed E-state index contributed by atoms with van der Waals surface area (Å²) in [5.41, 5.74) is 2.69. The first kappa shape index (κ1) is 16.3. The Kier molecular flexibility index (Phi) is 5.18. The van der Waals surface area contributed by atoms with Crippen molar-refractivity contribution >= 4 is 0 Å². The van der Waals surface area contributed by atoms with Gasteiger partial charge >= 0.3 is 0 Å². The first-order valence-electron chi connectivity index (χ1n) is 8.58. The molecule has 2 aromatic rings. The lowest BCUT2D eigenvalue weighted by Gasteiger charge is -2.32. The summed E-state index contributed by atoms with van der Waals surface area (Å²) in [6, 6.07) is 3.82. The number of hydrogen-bond donors (Lipinski definition) is 2. The van der Waals surface area contributed by atoms with Crippen molar-refractivity contribution in [2.45, 2.75) is 52.2 Å². The number of H-pyrrole nitrogens is 1. The maximum atomic E-state index is 9.11. The van der Waals surface area contributed by atoms with E-state index in [-0.39, 0.29) is 6.61 Å². The quantitative estimate of drug-likeness (QED) is 0.859. The van der Waals surface area contributed by atoms with Crippen LogP contribution in [0.25, 0.3) is 0 Å². The fraction of sp³-hybridized carbons (Fsp3) is 0.611. The van der Waals surface area contributed by atoms with Gasteiger partial charge in [0.15, 0.2) is 0 Å². The van der Waals surface area contributed by atoms with E-state index < -0.39 is 0 Å². The van der Waals surface area contributed by atoms with Crippen molar-refractivity contribution in [3.8, 4) is 0 Å². The number of aromatic nitrogens is 2. The van der Waals surface area contributed by atoms with Gasteiger partial charge in [-0.1, -0.05) is 13.8 Å². The Morgan fingerprint density at radius 3 is 2.96 bits per heavy atom. The molecule has 2 aromatic heterocycles. The second kappa shape index (κ2) is 7.32. The van der Waals surface area contributed by atoms with Gasteiger partial charge in [0.05, 0.1) is 12.7 Å². The van der Waals surface area contributed by atoms with Crippen molar-refractivity contribution in [2.75, 3.05) is 13.1 Å². The van der Waals surface area contributed by atoms with Gasteiger partial charge in [0.1, 0.15) is 18.1 Å². The van der Waals surface area contributed by atoms with E-state index in [1.807, 2.05) is 18.3 Å². The molecule has 2 N–H and O–H groups in total. The van der Waals surface area contributed by atoms with Gasteiger partial charge in [-0.25, -0.2) is 0 Å². The van der Waals surface area contributed by atoms with E-state index in [2.05, 4.69) is 28.9 Å². The Hall–Kier alpha value is -1.59. The van der Waals surface area contributed by atoms with Crippen LogP contribution < -0.4 is 0 Å². The zero-order valence-corrected chi connectivity index (χ0v) is 14.1. The molecule has 23 heavy (non-hydrogen) atoms. The molecule has 0 amide bonds. The van der Waals surface area contributed by atoms with Crippen molar-refractivity contribution in [1.29, 1.82) is 0 Å². The standard InChI is InChI=1S/C18H27N3O2/c1-13(2)8-15-9-19-20-18(15)14-4-3-7-21(10-14)11-16-5-6-17(12-22)23-16/h5-6,9,13-14,22H,3-4,7-8,10-12H2,1-2H3,(H,19,20). The van der Waals surface area contributed by atoms with Crippen LogP contribution in [-0.4, -0.2) is 33.3 Å². The first-order chi connectivity index (χ1) is 11.2. The number of aliphatic hydroxyl groups excluding tert-OH is 1. The molecule has 5 heteroatoms. The summed E-state index contributed by atoms with van der Waals surface area (Å²) >= 11 is 0. The second-order valence-corrected chi connectivity index (χ2v) is 7.01. The van der Waals surface area contributed by atoms with E-state index in [0.717, 1.165) is 31.8 Å². The molecule has 1 aliphatic heterocycles. The van der Waals surface area contributed by atoms with Gasteiger partial charge in [0.2, 0.25) is 0 Å². The number of aromatic amines is 1. The molecule has 0 saturated carbocycles. The highest BCUT2D eigenvalue weighted by molar-refractivity contribution is 5.22. The number of nitrogens with zero attached hydrogens (tertiary/aromatic N) is 2. The van der Waals surface area contributed by atoms with Crippen molar-refractivity contribution < 1.29 is 9.52 Å². The van der Waals surface area contributed by atoms with Gasteiger partial charge in [0.25, 0.3) is 0 Å². The summed E-state index contributed by atoms with van der Waals surface area (Å²) in [6.45, 7) is 7.40. The van der Waals surface area contributed by atoms with E-state index in [4.69, 9.17) is 9.52 Å². The van der Waals surface area contributed by atoms with Crippen LogP contribution in [0.3, 0.4) is 0 Å². The van der Waals surface area contributed by atoms with Crippen LogP contribution in [0.2, 0.25) is 0 Å². The molecule has 0 spiro atoms. The van der Waals surface area contributed by atoms with Crippen LogP contribution in [-0.2, 0) is 19.6 Å². The van der Waals surface area contributed by atoms with E-state index >= 15 is 0 Å². The van der Waals surface area contributed by atoms with Gasteiger partial charge < -0.3 is 9.52 Å². The predicted molar refractivity (Wildman–Crippen MR) is 89.0 cm³/mol. The number of piperidine rings is 1. The largest absolute Gasteiger partial charge is 0.462 e. The maximum absolute atomic E-state index is 9.11. The molecule has 1 fully saturated rings. The Morgan fingerprint density at radius 2 is 2.22 bits per heavy atom. The molecule has 1 atom stereocenters. The maximum Gasteiger partial charge on any atom is 0.129 e. The van der Waals surface area contributed by atoms with Crippen LogP contribution in [0, 0.1) is 5.92 Å². The first-order valence-corrected chi connectivity index (χ1v) is 8.58. The fourth-order valence-corrected chi connectivity index (χ4v) is 3.52. The van der Waals surface area contributed by atoms with E-state index in [9.17, 15) is 0 Å². The number of rotatable bonds is 6. The summed E-state index contributed by atoms with van der Waals surface area (Å²) in [6.07, 6.45) is 5.48. The molecule has 3 rings (SSSR count). The molecule has 1 saturated heterocycles. The third-order valence-electron chi connectivity index (χ3n) is 4.55. The number of hydrogen-bond acceptors (Lipinski definition) is 4. The third-order valence-corrected chi connectivity index (χ3v) is 4.55. The lowest BCUT2D eigenvalue weighted by atomic mass is 9.90. The highest BCUT2D eigenvalue weighted by Crippen LogP contribution is 2.29. The van der Waals surface area contributed by atoms with Gasteiger partial charge in [-0.15, -0.1) is 0 Å². The van der Waals surface area contributed by atoms with Crippen molar-refractivity contribution in [3.05, 3.63) is 41.1 Å². The lowest BCUT2D eigenvalue weighted by molar-refractivity contribution is 0.178. The Balaban J connectivity index is 1.65. The molecule has 5 nitrogen and oxygen atoms in total. The van der Waals surface area contributed by atoms with Gasteiger partial charge in [0, 0.05) is 18.2 Å². The Bertz CT molecular complexity index is 617. The molecular formula is C18H27N3O2. The average molecular weight is 317 g/mol. The molecule has 0 aliphatic carbocycles. The highest BCUT2D eigenvalue weighted by Gasteiger charge is 2.25. The van der Waals surface area contributed by atoms with Crippen molar-refractivity contribution in [3.63, 3.8) is 0 Å². The highest BCUT2D eigenvalue weighted by atomic mass is 16.4. The number of aliphatic hydroxyl groups is 1. The molecular weight excluding hydrogens is 290 g/mol. The molecule has 0 bridgehead atoms. The van der Waals surface area contributed by atoms with Crippen molar-refractivity contribution in [2.24, 2.45) is 5.92 Å². The topological polar surface area (TPSA) is 65.3 Å². The average Bonchev–Trinajstić information content (AvgIpc) is 3.16. The minimum absolute atomic E-state index is 0.0324. The number of likely N-dealkylation sites (tertiary alicyclic amines) is 1. The molecule has 0 aromatic carbocycles. The zero-order valence-electron chi connectivity index (χ0n) is 14.1. The molecule has 0 radical (unpaired) electrons. The van der Waals surface area contributed by atoms with Crippen LogP contribution in [0.5, 0.6) is 0 Å².